The Morgan fingerprint density at radius 2 is 1.95 bits per heavy atom. The van der Waals surface area contributed by atoms with E-state index in [-0.39, 0.29) is 18.0 Å². The Kier molecular flexibility index (Phi) is 6.03. The molecule has 0 heterocycles. The van der Waals surface area contributed by atoms with Crippen molar-refractivity contribution in [3.05, 3.63) is 35.4 Å². The third kappa shape index (κ3) is 4.57. The highest BCUT2D eigenvalue weighted by Gasteiger charge is 2.19. The van der Waals surface area contributed by atoms with Gasteiger partial charge in [-0.25, -0.2) is 9.59 Å². The molecule has 1 rings (SSSR count). The number of ether oxygens (including phenoxy) is 1. The van der Waals surface area contributed by atoms with Crippen LogP contribution < -0.4 is 0 Å². The number of amides is 1. The molecule has 20 heavy (non-hydrogen) atoms. The molecule has 1 aromatic carbocycles. The Balaban J connectivity index is 2.94. The summed E-state index contributed by atoms with van der Waals surface area (Å²) in [4.78, 5) is 24.6. The highest BCUT2D eigenvalue weighted by atomic mass is 16.6. The zero-order valence-electron chi connectivity index (χ0n) is 12.1. The summed E-state index contributed by atoms with van der Waals surface area (Å²) in [5, 5.41) is 9.17. The molecule has 0 unspecified atom stereocenters. The molecule has 0 saturated heterocycles. The van der Waals surface area contributed by atoms with E-state index >= 15 is 0 Å². The lowest BCUT2D eigenvalue weighted by Crippen LogP contribution is -2.34. The fraction of sp³-hybridized carbons (Fsp3) is 0.467. The summed E-state index contributed by atoms with van der Waals surface area (Å²) in [6.45, 7) is 6.79. The average molecular weight is 279 g/mol. The lowest BCUT2D eigenvalue weighted by Gasteiger charge is -2.24. The first kappa shape index (κ1) is 16.0. The second-order valence-corrected chi connectivity index (χ2v) is 4.94. The van der Waals surface area contributed by atoms with E-state index < -0.39 is 12.1 Å². The minimum absolute atomic E-state index is 0.213. The first-order chi connectivity index (χ1) is 9.45. The fourth-order valence-corrected chi connectivity index (χ4v) is 1.93. The zero-order chi connectivity index (χ0) is 15.1. The SMILES string of the molecule is CCOC(=O)N(Cc1ccccc1C(=O)O)CC(C)C. The minimum Gasteiger partial charge on any atom is -0.478 e. The van der Waals surface area contributed by atoms with Gasteiger partial charge in [0.05, 0.1) is 12.2 Å². The molecule has 1 aromatic rings. The van der Waals surface area contributed by atoms with Gasteiger partial charge >= 0.3 is 12.1 Å². The van der Waals surface area contributed by atoms with E-state index in [9.17, 15) is 9.59 Å². The van der Waals surface area contributed by atoms with Crippen molar-refractivity contribution in [2.75, 3.05) is 13.2 Å². The first-order valence-corrected chi connectivity index (χ1v) is 6.68. The molecular weight excluding hydrogens is 258 g/mol. The quantitative estimate of drug-likeness (QED) is 0.869. The van der Waals surface area contributed by atoms with Crippen LogP contribution in [0.4, 0.5) is 4.79 Å². The molecule has 1 N–H and O–H groups in total. The van der Waals surface area contributed by atoms with Crippen LogP contribution in [0.5, 0.6) is 0 Å². The van der Waals surface area contributed by atoms with Crippen molar-refractivity contribution in [1.82, 2.24) is 4.90 Å². The van der Waals surface area contributed by atoms with E-state index in [1.165, 1.54) is 11.0 Å². The number of carbonyl (C=O) groups is 2. The van der Waals surface area contributed by atoms with Gasteiger partial charge in [-0.2, -0.15) is 0 Å². The molecule has 0 bridgehead atoms. The van der Waals surface area contributed by atoms with Gasteiger partial charge in [0.1, 0.15) is 0 Å². The lowest BCUT2D eigenvalue weighted by atomic mass is 10.1. The van der Waals surface area contributed by atoms with Crippen LogP contribution in [0.15, 0.2) is 24.3 Å². The van der Waals surface area contributed by atoms with Crippen LogP contribution in [-0.2, 0) is 11.3 Å². The highest BCUT2D eigenvalue weighted by molar-refractivity contribution is 5.89. The second-order valence-electron chi connectivity index (χ2n) is 4.94. The largest absolute Gasteiger partial charge is 0.478 e. The predicted octanol–water partition coefficient (Wildman–Crippen LogP) is 3.00. The molecule has 0 aliphatic carbocycles. The van der Waals surface area contributed by atoms with E-state index in [0.717, 1.165) is 0 Å². The number of aromatic carboxylic acids is 1. The van der Waals surface area contributed by atoms with Gasteiger partial charge in [0, 0.05) is 13.1 Å². The lowest BCUT2D eigenvalue weighted by molar-refractivity contribution is 0.0691. The Labute approximate surface area is 119 Å². The molecule has 0 radical (unpaired) electrons. The van der Waals surface area contributed by atoms with Crippen LogP contribution in [0.3, 0.4) is 0 Å². The first-order valence-electron chi connectivity index (χ1n) is 6.68. The van der Waals surface area contributed by atoms with Gasteiger partial charge in [-0.05, 0) is 24.5 Å². The number of benzene rings is 1. The molecule has 1 amide bonds. The number of hydrogen-bond acceptors (Lipinski definition) is 3. The zero-order valence-corrected chi connectivity index (χ0v) is 12.1. The van der Waals surface area contributed by atoms with Crippen molar-refractivity contribution in [1.29, 1.82) is 0 Å². The Morgan fingerprint density at radius 1 is 1.30 bits per heavy atom. The van der Waals surface area contributed by atoms with Gasteiger partial charge in [0.25, 0.3) is 0 Å². The Hall–Kier alpha value is -2.04. The standard InChI is InChI=1S/C15H21NO4/c1-4-20-15(19)16(9-11(2)3)10-12-7-5-6-8-13(12)14(17)18/h5-8,11H,4,9-10H2,1-3H3,(H,17,18). The van der Waals surface area contributed by atoms with Crippen molar-refractivity contribution < 1.29 is 19.4 Å². The van der Waals surface area contributed by atoms with Crippen molar-refractivity contribution in [2.24, 2.45) is 5.92 Å². The van der Waals surface area contributed by atoms with Crippen LogP contribution in [0.2, 0.25) is 0 Å². The maximum atomic E-state index is 11.9. The molecule has 0 saturated carbocycles. The van der Waals surface area contributed by atoms with Crippen molar-refractivity contribution in [3.8, 4) is 0 Å². The minimum atomic E-state index is -0.992. The summed E-state index contributed by atoms with van der Waals surface area (Å²) in [7, 11) is 0. The van der Waals surface area contributed by atoms with Gasteiger partial charge in [-0.1, -0.05) is 32.0 Å². The van der Waals surface area contributed by atoms with Gasteiger partial charge in [0.15, 0.2) is 0 Å². The normalized spacial score (nSPS) is 10.4. The third-order valence-electron chi connectivity index (χ3n) is 2.72. The second kappa shape index (κ2) is 7.53. The van der Waals surface area contributed by atoms with Gasteiger partial charge in [-0.15, -0.1) is 0 Å². The summed E-state index contributed by atoms with van der Waals surface area (Å²) in [5.41, 5.74) is 0.819. The number of hydrogen-bond donors (Lipinski definition) is 1. The van der Waals surface area contributed by atoms with Crippen molar-refractivity contribution in [3.63, 3.8) is 0 Å². The van der Waals surface area contributed by atoms with Gasteiger partial charge in [0.2, 0.25) is 0 Å². The summed E-state index contributed by atoms with van der Waals surface area (Å²) < 4.78 is 5.02. The van der Waals surface area contributed by atoms with E-state index in [2.05, 4.69) is 0 Å². The van der Waals surface area contributed by atoms with Crippen molar-refractivity contribution in [2.45, 2.75) is 27.3 Å². The van der Waals surface area contributed by atoms with Crippen LogP contribution in [-0.4, -0.2) is 35.2 Å². The van der Waals surface area contributed by atoms with E-state index in [1.807, 2.05) is 13.8 Å². The molecule has 0 aliphatic heterocycles. The topological polar surface area (TPSA) is 66.8 Å². The molecule has 110 valence electrons. The van der Waals surface area contributed by atoms with Crippen LogP contribution >= 0.6 is 0 Å². The maximum absolute atomic E-state index is 11.9. The molecule has 0 atom stereocenters. The van der Waals surface area contributed by atoms with Crippen molar-refractivity contribution >= 4 is 12.1 Å². The molecule has 0 aromatic heterocycles. The number of carboxylic acids is 1. The van der Waals surface area contributed by atoms with E-state index in [4.69, 9.17) is 9.84 Å². The molecule has 0 spiro atoms. The van der Waals surface area contributed by atoms with E-state index in [0.29, 0.717) is 18.7 Å². The van der Waals surface area contributed by atoms with Crippen LogP contribution in [0, 0.1) is 5.92 Å². The van der Waals surface area contributed by atoms with Gasteiger partial charge < -0.3 is 14.7 Å². The van der Waals surface area contributed by atoms with Gasteiger partial charge in [-0.3, -0.25) is 0 Å². The molecule has 5 heteroatoms. The number of rotatable bonds is 6. The summed E-state index contributed by atoms with van der Waals surface area (Å²) in [6, 6.07) is 6.69. The predicted molar refractivity (Wildman–Crippen MR) is 75.7 cm³/mol. The number of carbonyl (C=O) groups excluding carboxylic acids is 1. The Morgan fingerprint density at radius 3 is 2.50 bits per heavy atom. The highest BCUT2D eigenvalue weighted by Crippen LogP contribution is 2.14. The fourth-order valence-electron chi connectivity index (χ4n) is 1.93. The summed E-state index contributed by atoms with van der Waals surface area (Å²) in [6.07, 6.45) is -0.415. The van der Waals surface area contributed by atoms with Crippen LogP contribution in [0.25, 0.3) is 0 Å². The molecule has 0 fully saturated rings. The molecule has 5 nitrogen and oxygen atoms in total. The number of nitrogens with zero attached hydrogens (tertiary/aromatic N) is 1. The van der Waals surface area contributed by atoms with Crippen LogP contribution in [0.1, 0.15) is 36.7 Å². The summed E-state index contributed by atoms with van der Waals surface area (Å²) >= 11 is 0. The maximum Gasteiger partial charge on any atom is 0.410 e. The van der Waals surface area contributed by atoms with E-state index in [1.54, 1.807) is 25.1 Å². The average Bonchev–Trinajstić information content (AvgIpc) is 2.38. The molecular formula is C15H21NO4. The monoisotopic (exact) mass is 279 g/mol. The smallest absolute Gasteiger partial charge is 0.410 e. The summed E-state index contributed by atoms with van der Waals surface area (Å²) in [5.74, 6) is -0.717. The molecule has 0 aliphatic rings. The number of carboxylic acid groups (broad SMARTS) is 1. The Bertz CT molecular complexity index is 471. The third-order valence-corrected chi connectivity index (χ3v) is 2.72.